The fourth-order valence-electron chi connectivity index (χ4n) is 1.63. The summed E-state index contributed by atoms with van der Waals surface area (Å²) in [4.78, 5) is 21.8. The van der Waals surface area contributed by atoms with Crippen LogP contribution in [0.5, 0.6) is 0 Å². The zero-order chi connectivity index (χ0) is 14.0. The Kier molecular flexibility index (Phi) is 8.62. The molecule has 0 heterocycles. The van der Waals surface area contributed by atoms with Gasteiger partial charge in [-0.05, 0) is 18.9 Å². The van der Waals surface area contributed by atoms with E-state index in [-0.39, 0.29) is 5.57 Å². The van der Waals surface area contributed by atoms with Crippen LogP contribution in [0.1, 0.15) is 51.9 Å². The third-order valence-corrected chi connectivity index (χ3v) is 2.74. The molecule has 0 rings (SSSR count). The van der Waals surface area contributed by atoms with E-state index in [1.54, 1.807) is 0 Å². The third-order valence-electron chi connectivity index (χ3n) is 2.74. The van der Waals surface area contributed by atoms with Gasteiger partial charge in [-0.25, -0.2) is 4.79 Å². The van der Waals surface area contributed by atoms with Gasteiger partial charge in [0.15, 0.2) is 0 Å². The minimum atomic E-state index is -1.13. The molecule has 0 aliphatic heterocycles. The minimum absolute atomic E-state index is 0.102. The summed E-state index contributed by atoms with van der Waals surface area (Å²) in [5, 5.41) is 8.69. The van der Waals surface area contributed by atoms with E-state index in [0.29, 0.717) is 12.0 Å². The Bertz CT molecular complexity index is 332. The fourth-order valence-corrected chi connectivity index (χ4v) is 1.63. The highest BCUT2D eigenvalue weighted by Gasteiger charge is 2.08. The average molecular weight is 253 g/mol. The van der Waals surface area contributed by atoms with Gasteiger partial charge < -0.3 is 10.8 Å². The lowest BCUT2D eigenvalue weighted by Gasteiger charge is -2.04. The second kappa shape index (κ2) is 9.45. The van der Waals surface area contributed by atoms with Gasteiger partial charge in [-0.15, -0.1) is 0 Å². The van der Waals surface area contributed by atoms with Crippen LogP contribution in [0.4, 0.5) is 0 Å². The molecule has 0 aliphatic rings. The second-order valence-corrected chi connectivity index (χ2v) is 4.38. The van der Waals surface area contributed by atoms with E-state index in [1.165, 1.54) is 25.3 Å². The van der Waals surface area contributed by atoms with E-state index in [1.807, 2.05) is 0 Å². The van der Waals surface area contributed by atoms with Crippen LogP contribution in [0.2, 0.25) is 0 Å². The number of unbranched alkanes of at least 4 members (excludes halogenated alkanes) is 5. The lowest BCUT2D eigenvalue weighted by Crippen LogP contribution is -2.15. The number of nitrogens with two attached hydrogens (primary N) is 1. The van der Waals surface area contributed by atoms with Gasteiger partial charge in [0.05, 0.1) is 5.57 Å². The maximum atomic E-state index is 11.1. The Morgan fingerprint density at radius 2 is 1.72 bits per heavy atom. The molecule has 0 aromatic rings. The summed E-state index contributed by atoms with van der Waals surface area (Å²) in [5.41, 5.74) is 5.45. The van der Waals surface area contributed by atoms with Crippen molar-refractivity contribution < 1.29 is 14.7 Å². The average Bonchev–Trinajstić information content (AvgIpc) is 2.31. The summed E-state index contributed by atoms with van der Waals surface area (Å²) in [6.45, 7) is 5.52. The number of carbonyl (C=O) groups excluding carboxylic acids is 1. The number of carboxylic acid groups (broad SMARTS) is 1. The molecule has 0 atom stereocenters. The maximum absolute atomic E-state index is 11.1. The third kappa shape index (κ3) is 7.65. The number of hydrogen-bond donors (Lipinski definition) is 2. The van der Waals surface area contributed by atoms with Gasteiger partial charge in [-0.1, -0.05) is 45.6 Å². The van der Waals surface area contributed by atoms with Crippen molar-refractivity contribution in [1.82, 2.24) is 0 Å². The van der Waals surface area contributed by atoms with Gasteiger partial charge in [-0.2, -0.15) is 0 Å². The highest BCUT2D eigenvalue weighted by molar-refractivity contribution is 5.96. The van der Waals surface area contributed by atoms with Crippen LogP contribution in [0.3, 0.4) is 0 Å². The molecule has 3 N–H and O–H groups in total. The SMILES string of the molecule is C=C(/C=C(/CCCCCCCC)C(N)=O)C(=O)O. The molecule has 0 aromatic heterocycles. The molecule has 4 nitrogen and oxygen atoms in total. The van der Waals surface area contributed by atoms with E-state index in [4.69, 9.17) is 10.8 Å². The molecule has 4 heteroatoms. The van der Waals surface area contributed by atoms with E-state index >= 15 is 0 Å². The Balaban J connectivity index is 4.10. The standard InChI is InChI=1S/C14H23NO3/c1-3-4-5-6-7-8-9-12(13(15)16)10-11(2)14(17)18/h10H,2-9H2,1H3,(H2,15,16)(H,17,18)/b12-10-. The van der Waals surface area contributed by atoms with Crippen molar-refractivity contribution in [3.05, 3.63) is 23.8 Å². The monoisotopic (exact) mass is 253 g/mol. The van der Waals surface area contributed by atoms with Crippen molar-refractivity contribution in [1.29, 1.82) is 0 Å². The lowest BCUT2D eigenvalue weighted by atomic mass is 10.0. The zero-order valence-electron chi connectivity index (χ0n) is 11.1. The molecule has 0 saturated carbocycles. The maximum Gasteiger partial charge on any atom is 0.335 e. The number of amides is 1. The summed E-state index contributed by atoms with van der Waals surface area (Å²) < 4.78 is 0. The first-order valence-electron chi connectivity index (χ1n) is 6.41. The number of hydrogen-bond acceptors (Lipinski definition) is 2. The van der Waals surface area contributed by atoms with E-state index in [2.05, 4.69) is 13.5 Å². The van der Waals surface area contributed by atoms with Crippen LogP contribution in [-0.4, -0.2) is 17.0 Å². The second-order valence-electron chi connectivity index (χ2n) is 4.38. The summed E-state index contributed by atoms with van der Waals surface area (Å²) >= 11 is 0. The molecule has 0 radical (unpaired) electrons. The minimum Gasteiger partial charge on any atom is -0.478 e. The van der Waals surface area contributed by atoms with Gasteiger partial charge in [0, 0.05) is 5.57 Å². The molecular formula is C14H23NO3. The molecule has 0 fully saturated rings. The van der Waals surface area contributed by atoms with Crippen LogP contribution in [0, 0.1) is 0 Å². The zero-order valence-corrected chi connectivity index (χ0v) is 11.1. The van der Waals surface area contributed by atoms with Gasteiger partial charge in [-0.3, -0.25) is 4.79 Å². The number of aliphatic carboxylic acids is 1. The van der Waals surface area contributed by atoms with Crippen LogP contribution < -0.4 is 5.73 Å². The first kappa shape index (κ1) is 16.4. The molecular weight excluding hydrogens is 230 g/mol. The molecule has 18 heavy (non-hydrogen) atoms. The van der Waals surface area contributed by atoms with E-state index in [9.17, 15) is 9.59 Å². The quantitative estimate of drug-likeness (QED) is 0.357. The van der Waals surface area contributed by atoms with Crippen molar-refractivity contribution in [2.24, 2.45) is 5.73 Å². The molecule has 0 spiro atoms. The summed E-state index contributed by atoms with van der Waals surface area (Å²) in [6, 6.07) is 0. The number of carbonyl (C=O) groups is 2. The largest absolute Gasteiger partial charge is 0.478 e. The summed E-state index contributed by atoms with van der Waals surface area (Å²) in [7, 11) is 0. The smallest absolute Gasteiger partial charge is 0.335 e. The van der Waals surface area contributed by atoms with Crippen LogP contribution in [0.25, 0.3) is 0 Å². The highest BCUT2D eigenvalue weighted by Crippen LogP contribution is 2.13. The van der Waals surface area contributed by atoms with Crippen molar-refractivity contribution in [2.45, 2.75) is 51.9 Å². The number of carboxylic acids is 1. The molecule has 102 valence electrons. The van der Waals surface area contributed by atoms with Gasteiger partial charge in [0.2, 0.25) is 5.91 Å². The van der Waals surface area contributed by atoms with Crippen molar-refractivity contribution >= 4 is 11.9 Å². The highest BCUT2D eigenvalue weighted by atomic mass is 16.4. The Morgan fingerprint density at radius 3 is 2.22 bits per heavy atom. The molecule has 0 aliphatic carbocycles. The topological polar surface area (TPSA) is 80.4 Å². The van der Waals surface area contributed by atoms with Gasteiger partial charge in [0.1, 0.15) is 0 Å². The first-order chi connectivity index (χ1) is 8.49. The molecule has 1 amide bonds. The molecule has 0 saturated heterocycles. The fraction of sp³-hybridized carbons (Fsp3) is 0.571. The predicted molar refractivity (Wildman–Crippen MR) is 72.0 cm³/mol. The van der Waals surface area contributed by atoms with Gasteiger partial charge >= 0.3 is 5.97 Å². The normalized spacial score (nSPS) is 11.3. The molecule has 0 unspecified atom stereocenters. The first-order valence-corrected chi connectivity index (χ1v) is 6.41. The van der Waals surface area contributed by atoms with Crippen LogP contribution >= 0.6 is 0 Å². The van der Waals surface area contributed by atoms with Crippen LogP contribution in [0.15, 0.2) is 23.8 Å². The Morgan fingerprint density at radius 1 is 1.17 bits per heavy atom. The lowest BCUT2D eigenvalue weighted by molar-refractivity contribution is -0.132. The molecule has 0 aromatic carbocycles. The van der Waals surface area contributed by atoms with Crippen molar-refractivity contribution in [3.8, 4) is 0 Å². The van der Waals surface area contributed by atoms with Crippen LogP contribution in [-0.2, 0) is 9.59 Å². The summed E-state index contributed by atoms with van der Waals surface area (Å²) in [5.74, 6) is -1.69. The Hall–Kier alpha value is -1.58. The number of rotatable bonds is 10. The number of primary amides is 1. The van der Waals surface area contributed by atoms with E-state index in [0.717, 1.165) is 19.3 Å². The Labute approximate surface area is 109 Å². The predicted octanol–water partition coefficient (Wildman–Crippen LogP) is 2.79. The molecule has 0 bridgehead atoms. The van der Waals surface area contributed by atoms with Gasteiger partial charge in [0.25, 0.3) is 0 Å². The van der Waals surface area contributed by atoms with Crippen molar-refractivity contribution in [2.75, 3.05) is 0 Å². The summed E-state index contributed by atoms with van der Waals surface area (Å²) in [6.07, 6.45) is 8.45. The van der Waals surface area contributed by atoms with Crippen molar-refractivity contribution in [3.63, 3.8) is 0 Å². The van der Waals surface area contributed by atoms with E-state index < -0.39 is 11.9 Å².